The molecule has 26 heavy (non-hydrogen) atoms. The number of β-amino-alcohol motifs (C(OH)–C–C–N with tert-alkyl or cyclic N) is 1. The molecule has 0 saturated carbocycles. The fraction of sp³-hybridized carbons (Fsp3) is 0.556. The molecule has 0 spiro atoms. The highest BCUT2D eigenvalue weighted by atomic mass is 16.5. The first-order valence-electron chi connectivity index (χ1n) is 8.55. The summed E-state index contributed by atoms with van der Waals surface area (Å²) < 4.78 is 10.3. The number of amides is 2. The molecule has 1 heterocycles. The van der Waals surface area contributed by atoms with Crippen molar-refractivity contribution in [3.05, 3.63) is 29.8 Å². The fourth-order valence-electron chi connectivity index (χ4n) is 2.84. The van der Waals surface area contributed by atoms with Gasteiger partial charge in [0.2, 0.25) is 11.8 Å². The van der Waals surface area contributed by atoms with E-state index >= 15 is 0 Å². The molecule has 144 valence electrons. The fourth-order valence-corrected chi connectivity index (χ4v) is 2.84. The number of aliphatic hydroxyl groups is 1. The van der Waals surface area contributed by atoms with Crippen LogP contribution in [0.1, 0.15) is 12.5 Å². The molecular weight excluding hydrogens is 338 g/mol. The minimum absolute atomic E-state index is 0.0404. The summed E-state index contributed by atoms with van der Waals surface area (Å²) in [5.74, 6) is -0.381. The Morgan fingerprint density at radius 1 is 1.35 bits per heavy atom. The van der Waals surface area contributed by atoms with Gasteiger partial charge < -0.3 is 25.2 Å². The van der Waals surface area contributed by atoms with Gasteiger partial charge in [0.25, 0.3) is 0 Å². The second-order valence-corrected chi connectivity index (χ2v) is 6.58. The molecule has 3 N–H and O–H groups in total. The minimum atomic E-state index is -1.16. The van der Waals surface area contributed by atoms with Crippen LogP contribution in [0.5, 0.6) is 0 Å². The van der Waals surface area contributed by atoms with E-state index in [1.54, 1.807) is 0 Å². The number of hydrogen-bond acceptors (Lipinski definition) is 6. The van der Waals surface area contributed by atoms with Crippen LogP contribution >= 0.6 is 0 Å². The molecule has 8 nitrogen and oxygen atoms in total. The number of benzene rings is 1. The van der Waals surface area contributed by atoms with Gasteiger partial charge in [-0.3, -0.25) is 14.5 Å². The Morgan fingerprint density at radius 3 is 2.73 bits per heavy atom. The van der Waals surface area contributed by atoms with Crippen molar-refractivity contribution in [1.82, 2.24) is 10.2 Å². The van der Waals surface area contributed by atoms with E-state index in [1.807, 2.05) is 24.3 Å². The standard InChI is InChI=1S/C18H27N3O5/c1-14(22)20-16-5-3-15(4-6-16)9-21-7-8-26-13-18(24,12-21)11-19-17(23)10-25-2/h3-6,24H,7-13H2,1-2H3,(H,19,23)(H,20,22)/t18-/m0/s1. The molecule has 0 bridgehead atoms. The highest BCUT2D eigenvalue weighted by Crippen LogP contribution is 2.16. The van der Waals surface area contributed by atoms with Crippen LogP contribution < -0.4 is 10.6 Å². The first-order chi connectivity index (χ1) is 12.4. The molecule has 8 heteroatoms. The topological polar surface area (TPSA) is 100 Å². The molecule has 0 aliphatic carbocycles. The van der Waals surface area contributed by atoms with E-state index < -0.39 is 5.60 Å². The van der Waals surface area contributed by atoms with Crippen LogP contribution in [0.25, 0.3) is 0 Å². The van der Waals surface area contributed by atoms with Crippen LogP contribution in [-0.4, -0.2) is 74.0 Å². The smallest absolute Gasteiger partial charge is 0.246 e. The summed E-state index contributed by atoms with van der Waals surface area (Å²) in [5, 5.41) is 16.2. The summed E-state index contributed by atoms with van der Waals surface area (Å²) in [5.41, 5.74) is 0.653. The lowest BCUT2D eigenvalue weighted by molar-refractivity contribution is -0.126. The Balaban J connectivity index is 1.93. The van der Waals surface area contributed by atoms with Crippen LogP contribution in [0, 0.1) is 0 Å². The van der Waals surface area contributed by atoms with Crippen molar-refractivity contribution in [3.8, 4) is 0 Å². The van der Waals surface area contributed by atoms with Crippen LogP contribution in [0.15, 0.2) is 24.3 Å². The van der Waals surface area contributed by atoms with E-state index in [4.69, 9.17) is 9.47 Å². The van der Waals surface area contributed by atoms with E-state index in [1.165, 1.54) is 14.0 Å². The number of hydrogen-bond donors (Lipinski definition) is 3. The molecule has 1 atom stereocenters. The monoisotopic (exact) mass is 365 g/mol. The van der Waals surface area contributed by atoms with Gasteiger partial charge in [-0.2, -0.15) is 0 Å². The lowest BCUT2D eigenvalue weighted by atomic mass is 10.0. The zero-order valence-corrected chi connectivity index (χ0v) is 15.3. The van der Waals surface area contributed by atoms with Gasteiger partial charge in [0.05, 0.1) is 13.2 Å². The molecule has 0 radical (unpaired) electrons. The number of carbonyl (C=O) groups excluding carboxylic acids is 2. The first-order valence-corrected chi connectivity index (χ1v) is 8.55. The largest absolute Gasteiger partial charge is 0.384 e. The minimum Gasteiger partial charge on any atom is -0.384 e. The third-order valence-electron chi connectivity index (χ3n) is 4.01. The van der Waals surface area contributed by atoms with Gasteiger partial charge in [0.1, 0.15) is 12.2 Å². The molecular formula is C18H27N3O5. The molecule has 1 aromatic rings. The quantitative estimate of drug-likeness (QED) is 0.628. The van der Waals surface area contributed by atoms with E-state index in [9.17, 15) is 14.7 Å². The average molecular weight is 365 g/mol. The average Bonchev–Trinajstić information content (AvgIpc) is 2.77. The number of nitrogens with one attached hydrogen (secondary N) is 2. The summed E-state index contributed by atoms with van der Waals surface area (Å²) in [6, 6.07) is 7.58. The van der Waals surface area contributed by atoms with Gasteiger partial charge >= 0.3 is 0 Å². The summed E-state index contributed by atoms with van der Waals surface area (Å²) in [4.78, 5) is 24.7. The second kappa shape index (κ2) is 9.63. The molecule has 2 amide bonds. The van der Waals surface area contributed by atoms with Crippen LogP contribution in [0.4, 0.5) is 5.69 Å². The molecule has 2 rings (SSSR count). The van der Waals surface area contributed by atoms with E-state index in [0.717, 1.165) is 11.3 Å². The number of carbonyl (C=O) groups is 2. The third kappa shape index (κ3) is 6.72. The third-order valence-corrected chi connectivity index (χ3v) is 4.01. The molecule has 0 unspecified atom stereocenters. The van der Waals surface area contributed by atoms with Gasteiger partial charge in [-0.05, 0) is 17.7 Å². The zero-order valence-electron chi connectivity index (χ0n) is 15.3. The number of ether oxygens (including phenoxy) is 2. The predicted molar refractivity (Wildman–Crippen MR) is 96.7 cm³/mol. The van der Waals surface area contributed by atoms with Crippen LogP contribution in [0.2, 0.25) is 0 Å². The van der Waals surface area contributed by atoms with Crippen molar-refractivity contribution in [1.29, 1.82) is 0 Å². The lowest BCUT2D eigenvalue weighted by Crippen LogP contribution is -2.52. The van der Waals surface area contributed by atoms with Crippen molar-refractivity contribution >= 4 is 17.5 Å². The Bertz CT molecular complexity index is 607. The summed E-state index contributed by atoms with van der Waals surface area (Å²) in [6.07, 6.45) is 0. The number of anilines is 1. The van der Waals surface area contributed by atoms with Crippen LogP contribution in [-0.2, 0) is 25.6 Å². The van der Waals surface area contributed by atoms with Gasteiger partial charge in [-0.15, -0.1) is 0 Å². The number of rotatable bonds is 7. The molecule has 1 saturated heterocycles. The Kier molecular flexibility index (Phi) is 7.52. The van der Waals surface area contributed by atoms with Crippen molar-refractivity contribution in [3.63, 3.8) is 0 Å². The molecule has 0 aromatic heterocycles. The number of methoxy groups -OCH3 is 1. The van der Waals surface area contributed by atoms with Gasteiger partial charge in [0.15, 0.2) is 0 Å². The highest BCUT2D eigenvalue weighted by Gasteiger charge is 2.32. The highest BCUT2D eigenvalue weighted by molar-refractivity contribution is 5.88. The van der Waals surface area contributed by atoms with Crippen LogP contribution in [0.3, 0.4) is 0 Å². The Hall–Kier alpha value is -2.00. The normalized spacial score (nSPS) is 21.0. The van der Waals surface area contributed by atoms with Gasteiger partial charge in [0, 0.05) is 45.9 Å². The lowest BCUT2D eigenvalue weighted by Gasteiger charge is -2.31. The molecule has 1 aliphatic heterocycles. The zero-order chi connectivity index (χ0) is 19.0. The maximum absolute atomic E-state index is 11.6. The van der Waals surface area contributed by atoms with Gasteiger partial charge in [-0.1, -0.05) is 12.1 Å². The van der Waals surface area contributed by atoms with Crippen molar-refractivity contribution in [2.75, 3.05) is 51.9 Å². The second-order valence-electron chi connectivity index (χ2n) is 6.58. The summed E-state index contributed by atoms with van der Waals surface area (Å²) >= 11 is 0. The first kappa shape index (κ1) is 20.3. The Labute approximate surface area is 153 Å². The van der Waals surface area contributed by atoms with Crippen molar-refractivity contribution in [2.45, 2.75) is 19.1 Å². The van der Waals surface area contributed by atoms with E-state index in [-0.39, 0.29) is 31.6 Å². The summed E-state index contributed by atoms with van der Waals surface area (Å²) in [6.45, 7) is 3.91. The maximum Gasteiger partial charge on any atom is 0.246 e. The van der Waals surface area contributed by atoms with Crippen molar-refractivity contribution < 1.29 is 24.2 Å². The van der Waals surface area contributed by atoms with E-state index in [0.29, 0.717) is 26.2 Å². The maximum atomic E-state index is 11.6. The molecule has 1 fully saturated rings. The molecule has 1 aliphatic rings. The van der Waals surface area contributed by atoms with Gasteiger partial charge in [-0.25, -0.2) is 0 Å². The molecule has 1 aromatic carbocycles. The van der Waals surface area contributed by atoms with Crippen molar-refractivity contribution in [2.24, 2.45) is 0 Å². The van der Waals surface area contributed by atoms with E-state index in [2.05, 4.69) is 15.5 Å². The Morgan fingerprint density at radius 2 is 2.08 bits per heavy atom. The predicted octanol–water partition coefficient (Wildman–Crippen LogP) is -0.0291. The SMILES string of the molecule is COCC(=O)NC[C@@]1(O)COCCN(Cc2ccc(NC(C)=O)cc2)C1. The number of nitrogens with zero attached hydrogens (tertiary/aromatic N) is 1. The summed E-state index contributed by atoms with van der Waals surface area (Å²) in [7, 11) is 1.45.